The molecule has 3 rings (SSSR count). The molecule has 146 valence electrons. The third-order valence-electron chi connectivity index (χ3n) is 5.11. The van der Waals surface area contributed by atoms with Crippen LogP contribution in [-0.2, 0) is 4.79 Å². The zero-order valence-corrected chi connectivity index (χ0v) is 17.4. The summed E-state index contributed by atoms with van der Waals surface area (Å²) in [6.45, 7) is 4.12. The molecule has 0 spiro atoms. The average Bonchev–Trinajstić information content (AvgIpc) is 3.09. The minimum absolute atomic E-state index is 0. The zero-order valence-electron chi connectivity index (χ0n) is 15.1. The second-order valence-electron chi connectivity index (χ2n) is 6.76. The number of nitrogens with two attached hydrogens (primary N) is 1. The molecule has 7 heteroatoms. The first-order valence-electron chi connectivity index (χ1n) is 8.74. The van der Waals surface area contributed by atoms with E-state index in [1.807, 2.05) is 25.1 Å². The Labute approximate surface area is 176 Å². The molecular formula is C20H24Cl3N3O. The molecule has 0 bridgehead atoms. The summed E-state index contributed by atoms with van der Waals surface area (Å²) in [6.07, 6.45) is 0. The van der Waals surface area contributed by atoms with Crippen LogP contribution < -0.4 is 11.1 Å². The molecule has 0 saturated carbocycles. The van der Waals surface area contributed by atoms with Gasteiger partial charge < -0.3 is 11.1 Å². The number of hydrogen-bond donors (Lipinski definition) is 2. The summed E-state index contributed by atoms with van der Waals surface area (Å²) in [5, 5.41) is 3.89. The van der Waals surface area contributed by atoms with Crippen LogP contribution in [0.5, 0.6) is 0 Å². The Hall–Kier alpha value is -1.30. The third kappa shape index (κ3) is 5.15. The van der Waals surface area contributed by atoms with Gasteiger partial charge in [-0.1, -0.05) is 53.5 Å². The van der Waals surface area contributed by atoms with Gasteiger partial charge in [0, 0.05) is 24.0 Å². The molecule has 1 fully saturated rings. The lowest BCUT2D eigenvalue weighted by Gasteiger charge is -2.24. The molecule has 2 aromatic carbocycles. The van der Waals surface area contributed by atoms with E-state index in [1.54, 1.807) is 18.2 Å². The van der Waals surface area contributed by atoms with Crippen molar-refractivity contribution in [1.29, 1.82) is 0 Å². The highest BCUT2D eigenvalue weighted by Crippen LogP contribution is 2.33. The number of carbonyl (C=O) groups is 1. The van der Waals surface area contributed by atoms with E-state index >= 15 is 0 Å². The summed E-state index contributed by atoms with van der Waals surface area (Å²) >= 11 is 12.1. The Bertz CT molecular complexity index is 772. The maximum Gasteiger partial charge on any atom is 0.241 e. The second-order valence-corrected chi connectivity index (χ2v) is 7.60. The third-order valence-corrected chi connectivity index (χ3v) is 5.68. The molecule has 3 atom stereocenters. The van der Waals surface area contributed by atoms with Crippen molar-refractivity contribution in [2.45, 2.75) is 18.9 Å². The van der Waals surface area contributed by atoms with E-state index in [2.05, 4.69) is 22.3 Å². The predicted molar refractivity (Wildman–Crippen MR) is 115 cm³/mol. The molecule has 1 saturated heterocycles. The first-order chi connectivity index (χ1) is 12.5. The van der Waals surface area contributed by atoms with Crippen LogP contribution in [-0.4, -0.2) is 36.5 Å². The largest absolute Gasteiger partial charge is 0.330 e. The topological polar surface area (TPSA) is 58.4 Å². The average molecular weight is 429 g/mol. The molecule has 1 heterocycles. The van der Waals surface area contributed by atoms with Crippen molar-refractivity contribution in [3.8, 4) is 0 Å². The fourth-order valence-corrected chi connectivity index (χ4v) is 3.87. The van der Waals surface area contributed by atoms with Crippen molar-refractivity contribution in [1.82, 2.24) is 4.90 Å². The molecule has 1 aliphatic rings. The Kier molecular flexibility index (Phi) is 7.95. The summed E-state index contributed by atoms with van der Waals surface area (Å²) in [7, 11) is 0. The van der Waals surface area contributed by atoms with Gasteiger partial charge in [0.25, 0.3) is 0 Å². The van der Waals surface area contributed by atoms with Crippen LogP contribution >= 0.6 is 35.6 Å². The van der Waals surface area contributed by atoms with Crippen LogP contribution in [0, 0.1) is 5.92 Å². The molecule has 27 heavy (non-hydrogen) atoms. The van der Waals surface area contributed by atoms with Crippen LogP contribution in [0.1, 0.15) is 18.4 Å². The van der Waals surface area contributed by atoms with E-state index in [0.29, 0.717) is 34.1 Å². The number of amides is 1. The van der Waals surface area contributed by atoms with Crippen LogP contribution in [0.3, 0.4) is 0 Å². The maximum absolute atomic E-state index is 12.7. The molecule has 0 aromatic heterocycles. The lowest BCUT2D eigenvalue weighted by Crippen LogP contribution is -2.41. The molecule has 2 aromatic rings. The van der Waals surface area contributed by atoms with E-state index in [0.717, 1.165) is 13.1 Å². The summed E-state index contributed by atoms with van der Waals surface area (Å²) in [6, 6.07) is 15.1. The normalized spacial score (nSPS) is 20.7. The van der Waals surface area contributed by atoms with Gasteiger partial charge in [-0.2, -0.15) is 0 Å². The van der Waals surface area contributed by atoms with E-state index in [9.17, 15) is 4.79 Å². The maximum atomic E-state index is 12.7. The highest BCUT2D eigenvalue weighted by atomic mass is 35.5. The fraction of sp³-hybridized carbons (Fsp3) is 0.350. The number of nitrogens with zero attached hydrogens (tertiary/aromatic N) is 1. The number of likely N-dealkylation sites (tertiary alicyclic amines) is 1. The highest BCUT2D eigenvalue weighted by molar-refractivity contribution is 6.35. The van der Waals surface area contributed by atoms with Crippen molar-refractivity contribution in [2.75, 3.05) is 25.0 Å². The standard InChI is InChI=1S/C20H23Cl2N3O.ClH/c1-13(20(26)24-19-9-16(21)7-8-18(19)22)25-11-15(10-23)17(12-25)14-5-3-2-4-6-14;/h2-9,13,15,17H,10-12,23H2,1H3,(H,24,26);1H/t13?,15-,17+;/m1./s1. The number of rotatable bonds is 5. The summed E-state index contributed by atoms with van der Waals surface area (Å²) in [5.41, 5.74) is 7.81. The highest BCUT2D eigenvalue weighted by Gasteiger charge is 2.36. The minimum atomic E-state index is -0.284. The fourth-order valence-electron chi connectivity index (χ4n) is 3.53. The molecule has 0 aliphatic carbocycles. The quantitative estimate of drug-likeness (QED) is 0.741. The van der Waals surface area contributed by atoms with Gasteiger partial charge in [-0.3, -0.25) is 9.69 Å². The number of hydrogen-bond acceptors (Lipinski definition) is 3. The van der Waals surface area contributed by atoms with Gasteiger partial charge in [0.2, 0.25) is 5.91 Å². The number of anilines is 1. The Morgan fingerprint density at radius 1 is 1.22 bits per heavy atom. The Morgan fingerprint density at radius 2 is 1.93 bits per heavy atom. The number of nitrogens with one attached hydrogen (secondary N) is 1. The van der Waals surface area contributed by atoms with Crippen molar-refractivity contribution in [2.24, 2.45) is 11.7 Å². The molecule has 1 aliphatic heterocycles. The summed E-state index contributed by atoms with van der Waals surface area (Å²) in [4.78, 5) is 14.9. The van der Waals surface area contributed by atoms with Crippen LogP contribution in [0.15, 0.2) is 48.5 Å². The summed E-state index contributed by atoms with van der Waals surface area (Å²) in [5.74, 6) is 0.576. The molecule has 1 amide bonds. The van der Waals surface area contributed by atoms with Gasteiger partial charge in [0.15, 0.2) is 0 Å². The molecule has 1 unspecified atom stereocenters. The molecule has 0 radical (unpaired) electrons. The van der Waals surface area contributed by atoms with E-state index in [4.69, 9.17) is 28.9 Å². The van der Waals surface area contributed by atoms with Gasteiger partial charge in [-0.05, 0) is 43.1 Å². The van der Waals surface area contributed by atoms with E-state index in [-0.39, 0.29) is 24.4 Å². The smallest absolute Gasteiger partial charge is 0.241 e. The number of halogens is 3. The first kappa shape index (κ1) is 22.0. The van der Waals surface area contributed by atoms with Crippen LogP contribution in [0.4, 0.5) is 5.69 Å². The Morgan fingerprint density at radius 3 is 2.59 bits per heavy atom. The zero-order chi connectivity index (χ0) is 18.7. The lowest BCUT2D eigenvalue weighted by atomic mass is 9.89. The van der Waals surface area contributed by atoms with Gasteiger partial charge in [-0.25, -0.2) is 0 Å². The van der Waals surface area contributed by atoms with Crippen molar-refractivity contribution < 1.29 is 4.79 Å². The SMILES string of the molecule is CC(C(=O)Nc1cc(Cl)ccc1Cl)N1C[C@@H](CN)[C@H](c2ccccc2)C1.Cl. The van der Waals surface area contributed by atoms with Gasteiger partial charge in [0.05, 0.1) is 16.8 Å². The monoisotopic (exact) mass is 427 g/mol. The van der Waals surface area contributed by atoms with E-state index < -0.39 is 0 Å². The predicted octanol–water partition coefficient (Wildman–Crippen LogP) is 4.42. The molecular weight excluding hydrogens is 405 g/mol. The number of benzene rings is 2. The summed E-state index contributed by atoms with van der Waals surface area (Å²) < 4.78 is 0. The molecule has 3 N–H and O–H groups in total. The van der Waals surface area contributed by atoms with Crippen molar-refractivity contribution >= 4 is 47.2 Å². The minimum Gasteiger partial charge on any atom is -0.330 e. The first-order valence-corrected chi connectivity index (χ1v) is 9.50. The number of carbonyl (C=O) groups excluding carboxylic acids is 1. The lowest BCUT2D eigenvalue weighted by molar-refractivity contribution is -0.120. The van der Waals surface area contributed by atoms with Gasteiger partial charge in [-0.15, -0.1) is 12.4 Å². The molecule has 4 nitrogen and oxygen atoms in total. The van der Waals surface area contributed by atoms with Crippen molar-refractivity contribution in [3.05, 3.63) is 64.1 Å². The van der Waals surface area contributed by atoms with Gasteiger partial charge in [0.1, 0.15) is 0 Å². The second kappa shape index (κ2) is 9.76. The van der Waals surface area contributed by atoms with Crippen molar-refractivity contribution in [3.63, 3.8) is 0 Å². The van der Waals surface area contributed by atoms with Crippen LogP contribution in [0.25, 0.3) is 0 Å². The van der Waals surface area contributed by atoms with E-state index in [1.165, 1.54) is 5.56 Å². The Balaban J connectivity index is 0.00000261. The van der Waals surface area contributed by atoms with Gasteiger partial charge >= 0.3 is 0 Å². The van der Waals surface area contributed by atoms with Crippen LogP contribution in [0.2, 0.25) is 10.0 Å².